The summed E-state index contributed by atoms with van der Waals surface area (Å²) in [7, 11) is 0. The van der Waals surface area contributed by atoms with Crippen LogP contribution in [0.1, 0.15) is 11.1 Å². The molecule has 0 aliphatic rings. The summed E-state index contributed by atoms with van der Waals surface area (Å²) in [5, 5.41) is 3.14. The number of benzene rings is 1. The molecule has 122 valence electrons. The second-order valence-corrected chi connectivity index (χ2v) is 6.32. The van der Waals surface area contributed by atoms with Crippen molar-refractivity contribution < 1.29 is 4.79 Å². The van der Waals surface area contributed by atoms with Gasteiger partial charge >= 0.3 is 5.69 Å². The number of amides is 1. The van der Waals surface area contributed by atoms with Crippen LogP contribution in [-0.2, 0) is 4.79 Å². The van der Waals surface area contributed by atoms with Gasteiger partial charge in [0.2, 0.25) is 5.91 Å². The first kappa shape index (κ1) is 16.2. The summed E-state index contributed by atoms with van der Waals surface area (Å²) in [5.41, 5.74) is 2.89. The van der Waals surface area contributed by atoms with E-state index in [-0.39, 0.29) is 11.7 Å². The smallest absolute Gasteiger partial charge is 0.325 e. The number of carbonyl (C=O) groups excluding carboxylic acids is 1. The molecule has 2 aromatic heterocycles. The second kappa shape index (κ2) is 6.84. The first-order valence-electron chi connectivity index (χ1n) is 7.38. The number of para-hydroxylation sites is 1. The molecular weight excluding hydrogens is 324 g/mol. The molecule has 0 saturated heterocycles. The molecule has 1 N–H and O–H groups in total. The SMILES string of the molecule is Cc1ccn2c(=O)nc(SCC(=O)Nc3ccccc3C)nc2c1. The van der Waals surface area contributed by atoms with Gasteiger partial charge in [0.15, 0.2) is 5.16 Å². The molecule has 1 aromatic carbocycles. The van der Waals surface area contributed by atoms with Crippen LogP contribution in [0.25, 0.3) is 5.65 Å². The summed E-state index contributed by atoms with van der Waals surface area (Å²) in [4.78, 5) is 32.3. The van der Waals surface area contributed by atoms with Crippen molar-refractivity contribution in [2.45, 2.75) is 19.0 Å². The van der Waals surface area contributed by atoms with Crippen molar-refractivity contribution in [3.05, 3.63) is 64.2 Å². The Hall–Kier alpha value is -2.67. The van der Waals surface area contributed by atoms with Gasteiger partial charge in [0.1, 0.15) is 5.65 Å². The van der Waals surface area contributed by atoms with Gasteiger partial charge in [-0.3, -0.25) is 9.20 Å². The summed E-state index contributed by atoms with van der Waals surface area (Å²) in [6, 6.07) is 11.2. The van der Waals surface area contributed by atoms with Crippen molar-refractivity contribution in [1.82, 2.24) is 14.4 Å². The number of fused-ring (bicyclic) bond motifs is 1. The first-order chi connectivity index (χ1) is 11.5. The molecular formula is C17H16N4O2S. The lowest BCUT2D eigenvalue weighted by atomic mass is 10.2. The fourth-order valence-corrected chi connectivity index (χ4v) is 2.82. The van der Waals surface area contributed by atoms with Crippen molar-refractivity contribution in [2.24, 2.45) is 0 Å². The van der Waals surface area contributed by atoms with Gasteiger partial charge in [-0.1, -0.05) is 30.0 Å². The average Bonchev–Trinajstić information content (AvgIpc) is 2.55. The zero-order valence-electron chi connectivity index (χ0n) is 13.3. The number of carbonyl (C=O) groups is 1. The number of hydrogen-bond acceptors (Lipinski definition) is 5. The van der Waals surface area contributed by atoms with Crippen molar-refractivity contribution in [3.63, 3.8) is 0 Å². The standard InChI is InChI=1S/C17H16N4O2S/c1-11-7-8-21-14(9-11)19-16(20-17(21)23)24-10-15(22)18-13-6-4-3-5-12(13)2/h3-9H,10H2,1-2H3,(H,18,22). The Balaban J connectivity index is 1.72. The third kappa shape index (κ3) is 3.62. The van der Waals surface area contributed by atoms with Crippen LogP contribution in [-0.4, -0.2) is 26.0 Å². The molecule has 6 nitrogen and oxygen atoms in total. The molecule has 24 heavy (non-hydrogen) atoms. The summed E-state index contributed by atoms with van der Waals surface area (Å²) in [6.45, 7) is 3.85. The van der Waals surface area contributed by atoms with Crippen LogP contribution in [0.5, 0.6) is 0 Å². The highest BCUT2D eigenvalue weighted by Gasteiger charge is 2.09. The predicted octanol–water partition coefficient (Wildman–Crippen LogP) is 2.44. The van der Waals surface area contributed by atoms with Crippen LogP contribution in [0.3, 0.4) is 0 Å². The molecule has 0 unspecified atom stereocenters. The Morgan fingerprint density at radius 1 is 1.21 bits per heavy atom. The zero-order valence-corrected chi connectivity index (χ0v) is 14.1. The minimum absolute atomic E-state index is 0.135. The number of hydrogen-bond donors (Lipinski definition) is 1. The summed E-state index contributed by atoms with van der Waals surface area (Å²) in [5.74, 6) is -0.0298. The molecule has 0 aliphatic heterocycles. The van der Waals surface area contributed by atoms with E-state index in [1.807, 2.05) is 44.2 Å². The lowest BCUT2D eigenvalue weighted by molar-refractivity contribution is -0.113. The Labute approximate surface area is 143 Å². The maximum atomic E-state index is 12.1. The van der Waals surface area contributed by atoms with Crippen LogP contribution < -0.4 is 11.0 Å². The van der Waals surface area contributed by atoms with Crippen LogP contribution in [0, 0.1) is 13.8 Å². The number of nitrogens with one attached hydrogen (secondary N) is 1. The Morgan fingerprint density at radius 3 is 2.79 bits per heavy atom. The molecule has 3 rings (SSSR count). The summed E-state index contributed by atoms with van der Waals surface area (Å²) in [6.07, 6.45) is 1.65. The average molecular weight is 340 g/mol. The Morgan fingerprint density at radius 2 is 2.00 bits per heavy atom. The highest BCUT2D eigenvalue weighted by atomic mass is 32.2. The number of aryl methyl sites for hydroxylation is 2. The normalized spacial score (nSPS) is 10.8. The predicted molar refractivity (Wildman–Crippen MR) is 94.5 cm³/mol. The van der Waals surface area contributed by atoms with E-state index < -0.39 is 5.69 Å². The highest BCUT2D eigenvalue weighted by Crippen LogP contribution is 2.16. The largest absolute Gasteiger partial charge is 0.355 e. The lowest BCUT2D eigenvalue weighted by Gasteiger charge is -2.07. The molecule has 0 saturated carbocycles. The molecule has 0 bridgehead atoms. The Kier molecular flexibility index (Phi) is 4.61. The van der Waals surface area contributed by atoms with Crippen molar-refractivity contribution in [2.75, 3.05) is 11.1 Å². The van der Waals surface area contributed by atoms with Gasteiger partial charge in [0, 0.05) is 11.9 Å². The molecule has 0 aliphatic carbocycles. The lowest BCUT2D eigenvalue weighted by Crippen LogP contribution is -2.20. The van der Waals surface area contributed by atoms with Gasteiger partial charge < -0.3 is 5.32 Å². The van der Waals surface area contributed by atoms with E-state index in [0.717, 1.165) is 28.6 Å². The molecule has 0 spiro atoms. The maximum absolute atomic E-state index is 12.1. The number of thioether (sulfide) groups is 1. The summed E-state index contributed by atoms with van der Waals surface area (Å²) >= 11 is 1.14. The van der Waals surface area contributed by atoms with Gasteiger partial charge in [-0.2, -0.15) is 4.98 Å². The van der Waals surface area contributed by atoms with Crippen molar-refractivity contribution in [3.8, 4) is 0 Å². The van der Waals surface area contributed by atoms with E-state index in [1.54, 1.807) is 12.3 Å². The summed E-state index contributed by atoms with van der Waals surface area (Å²) < 4.78 is 1.38. The second-order valence-electron chi connectivity index (χ2n) is 5.37. The van der Waals surface area contributed by atoms with E-state index >= 15 is 0 Å². The number of aromatic nitrogens is 3. The first-order valence-corrected chi connectivity index (χ1v) is 8.37. The number of pyridine rings is 1. The van der Waals surface area contributed by atoms with E-state index in [1.165, 1.54) is 4.40 Å². The van der Waals surface area contributed by atoms with E-state index in [4.69, 9.17) is 0 Å². The van der Waals surface area contributed by atoms with Gasteiger partial charge in [-0.05, 0) is 43.2 Å². The van der Waals surface area contributed by atoms with E-state index in [0.29, 0.717) is 10.8 Å². The monoisotopic (exact) mass is 340 g/mol. The highest BCUT2D eigenvalue weighted by molar-refractivity contribution is 7.99. The minimum Gasteiger partial charge on any atom is -0.325 e. The van der Waals surface area contributed by atoms with Gasteiger partial charge in [-0.15, -0.1) is 0 Å². The van der Waals surface area contributed by atoms with Gasteiger partial charge in [-0.25, -0.2) is 9.78 Å². The Bertz CT molecular complexity index is 968. The van der Waals surface area contributed by atoms with E-state index in [9.17, 15) is 9.59 Å². The number of anilines is 1. The number of rotatable bonds is 4. The van der Waals surface area contributed by atoms with Crippen LogP contribution in [0.2, 0.25) is 0 Å². The maximum Gasteiger partial charge on any atom is 0.355 e. The van der Waals surface area contributed by atoms with Crippen molar-refractivity contribution in [1.29, 1.82) is 0 Å². The topological polar surface area (TPSA) is 76.4 Å². The quantitative estimate of drug-likeness (QED) is 0.738. The van der Waals surface area contributed by atoms with Crippen LogP contribution in [0.15, 0.2) is 52.5 Å². The molecule has 0 radical (unpaired) electrons. The van der Waals surface area contributed by atoms with Crippen LogP contribution in [0.4, 0.5) is 5.69 Å². The molecule has 0 fully saturated rings. The van der Waals surface area contributed by atoms with Crippen molar-refractivity contribution >= 4 is 29.0 Å². The third-order valence-corrected chi connectivity index (χ3v) is 4.30. The molecule has 2 heterocycles. The zero-order chi connectivity index (χ0) is 17.1. The number of nitrogens with zero attached hydrogens (tertiary/aromatic N) is 3. The molecule has 0 atom stereocenters. The minimum atomic E-state index is -0.401. The molecule has 7 heteroatoms. The molecule has 3 aromatic rings. The van der Waals surface area contributed by atoms with Gasteiger partial charge in [0.25, 0.3) is 0 Å². The van der Waals surface area contributed by atoms with E-state index in [2.05, 4.69) is 15.3 Å². The fraction of sp³-hybridized carbons (Fsp3) is 0.176. The fourth-order valence-electron chi connectivity index (χ4n) is 2.19. The third-order valence-electron chi connectivity index (χ3n) is 3.45. The van der Waals surface area contributed by atoms with Gasteiger partial charge in [0.05, 0.1) is 5.75 Å². The molecule has 1 amide bonds. The van der Waals surface area contributed by atoms with Crippen LogP contribution >= 0.6 is 11.8 Å².